The first kappa shape index (κ1) is 18.0. The van der Waals surface area contributed by atoms with Crippen molar-refractivity contribution in [3.05, 3.63) is 65.7 Å². The summed E-state index contributed by atoms with van der Waals surface area (Å²) in [4.78, 5) is 0. The number of aromatic hydroxyl groups is 2. The number of allylic oxidation sites excluding steroid dienone is 1. The molecular weight excluding hydrogens is 304 g/mol. The molecule has 4 nitrogen and oxygen atoms in total. The topological polar surface area (TPSA) is 58.9 Å². The van der Waals surface area contributed by atoms with Crippen LogP contribution in [0, 0.1) is 5.92 Å². The van der Waals surface area contributed by atoms with E-state index < -0.39 is 0 Å². The summed E-state index contributed by atoms with van der Waals surface area (Å²) in [5, 5.41) is 18.8. The fraction of sp³-hybridized carbons (Fsp3) is 0.300. The second-order valence-corrected chi connectivity index (χ2v) is 5.69. The quantitative estimate of drug-likeness (QED) is 0.764. The number of phenols is 2. The maximum Gasteiger partial charge on any atom is 0.115 e. The van der Waals surface area contributed by atoms with Crippen LogP contribution >= 0.6 is 0 Å². The lowest BCUT2D eigenvalue weighted by Crippen LogP contribution is -2.19. The van der Waals surface area contributed by atoms with Crippen molar-refractivity contribution in [2.45, 2.75) is 12.5 Å². The number of hydrogen-bond donors (Lipinski definition) is 2. The molecule has 2 rings (SSSR count). The Morgan fingerprint density at radius 2 is 1.50 bits per heavy atom. The molecule has 0 amide bonds. The van der Waals surface area contributed by atoms with Gasteiger partial charge in [-0.25, -0.2) is 0 Å². The number of benzene rings is 2. The highest BCUT2D eigenvalue weighted by atomic mass is 16.5. The average molecular weight is 328 g/mol. The van der Waals surface area contributed by atoms with E-state index in [-0.39, 0.29) is 23.5 Å². The van der Waals surface area contributed by atoms with Crippen LogP contribution in [-0.4, -0.2) is 31.0 Å². The van der Waals surface area contributed by atoms with Crippen molar-refractivity contribution in [2.75, 3.05) is 20.8 Å². The first-order valence-corrected chi connectivity index (χ1v) is 7.90. The van der Waals surface area contributed by atoms with Gasteiger partial charge >= 0.3 is 0 Å². The van der Waals surface area contributed by atoms with Crippen LogP contribution in [0.15, 0.2) is 54.6 Å². The van der Waals surface area contributed by atoms with Crippen molar-refractivity contribution >= 4 is 6.08 Å². The van der Waals surface area contributed by atoms with E-state index in [1.165, 1.54) is 0 Å². The number of methoxy groups -OCH3 is 2. The van der Waals surface area contributed by atoms with Crippen LogP contribution in [0.5, 0.6) is 11.5 Å². The van der Waals surface area contributed by atoms with E-state index >= 15 is 0 Å². The van der Waals surface area contributed by atoms with Gasteiger partial charge in [0.2, 0.25) is 0 Å². The van der Waals surface area contributed by atoms with Crippen LogP contribution in [-0.2, 0) is 9.47 Å². The van der Waals surface area contributed by atoms with Gasteiger partial charge in [-0.2, -0.15) is 0 Å². The predicted molar refractivity (Wildman–Crippen MR) is 95.0 cm³/mol. The Balaban J connectivity index is 2.08. The van der Waals surface area contributed by atoms with Crippen LogP contribution < -0.4 is 0 Å². The second kappa shape index (κ2) is 9.11. The summed E-state index contributed by atoms with van der Waals surface area (Å²) in [5.74, 6) is 0.651. The van der Waals surface area contributed by atoms with Gasteiger partial charge in [0.25, 0.3) is 0 Å². The number of ether oxygens (including phenoxy) is 2. The molecule has 0 aliphatic heterocycles. The summed E-state index contributed by atoms with van der Waals surface area (Å²) >= 11 is 0. The molecule has 0 saturated carbocycles. The Hall–Kier alpha value is -2.30. The van der Waals surface area contributed by atoms with Gasteiger partial charge in [-0.3, -0.25) is 0 Å². The summed E-state index contributed by atoms with van der Waals surface area (Å²) in [6.07, 6.45) is 4.78. The molecule has 2 N–H and O–H groups in total. The Morgan fingerprint density at radius 1 is 0.917 bits per heavy atom. The third-order valence-electron chi connectivity index (χ3n) is 3.93. The Kier molecular flexibility index (Phi) is 6.85. The minimum atomic E-state index is -0.116. The molecule has 0 aliphatic rings. The smallest absolute Gasteiger partial charge is 0.115 e. The highest BCUT2D eigenvalue weighted by Gasteiger charge is 2.22. The summed E-state index contributed by atoms with van der Waals surface area (Å²) in [6.45, 7) is 0.569. The van der Waals surface area contributed by atoms with Gasteiger partial charge in [-0.05, 0) is 41.8 Å². The molecule has 0 heterocycles. The molecule has 0 unspecified atom stereocenters. The molecule has 4 heteroatoms. The summed E-state index contributed by atoms with van der Waals surface area (Å²) in [5.41, 5.74) is 2.04. The van der Waals surface area contributed by atoms with Gasteiger partial charge in [-0.1, -0.05) is 36.4 Å². The van der Waals surface area contributed by atoms with Gasteiger partial charge in [0.05, 0.1) is 12.7 Å². The zero-order valence-electron chi connectivity index (χ0n) is 14.1. The van der Waals surface area contributed by atoms with Crippen molar-refractivity contribution in [1.82, 2.24) is 0 Å². The third-order valence-corrected chi connectivity index (χ3v) is 3.93. The lowest BCUT2D eigenvalue weighted by Gasteiger charge is -2.25. The fourth-order valence-corrected chi connectivity index (χ4v) is 2.72. The van der Waals surface area contributed by atoms with E-state index in [4.69, 9.17) is 9.47 Å². The van der Waals surface area contributed by atoms with Crippen molar-refractivity contribution in [1.29, 1.82) is 0 Å². The maximum absolute atomic E-state index is 9.45. The number of rotatable bonds is 8. The van der Waals surface area contributed by atoms with Gasteiger partial charge in [0.1, 0.15) is 11.5 Å². The van der Waals surface area contributed by atoms with Gasteiger partial charge in [-0.15, -0.1) is 0 Å². The highest BCUT2D eigenvalue weighted by molar-refractivity contribution is 5.50. The van der Waals surface area contributed by atoms with Crippen molar-refractivity contribution in [2.24, 2.45) is 5.92 Å². The highest BCUT2D eigenvalue weighted by Crippen LogP contribution is 2.30. The van der Waals surface area contributed by atoms with Gasteiger partial charge < -0.3 is 19.7 Å². The normalized spacial score (nSPS) is 13.9. The number of hydrogen-bond acceptors (Lipinski definition) is 4. The van der Waals surface area contributed by atoms with E-state index in [9.17, 15) is 10.2 Å². The lowest BCUT2D eigenvalue weighted by molar-refractivity contribution is 0.0142. The molecule has 0 aliphatic carbocycles. The minimum Gasteiger partial charge on any atom is -0.508 e. The second-order valence-electron chi connectivity index (χ2n) is 5.69. The van der Waals surface area contributed by atoms with Crippen molar-refractivity contribution < 1.29 is 19.7 Å². The van der Waals surface area contributed by atoms with Crippen LogP contribution in [0.3, 0.4) is 0 Å². The Morgan fingerprint density at radius 3 is 2.04 bits per heavy atom. The molecule has 24 heavy (non-hydrogen) atoms. The fourth-order valence-electron chi connectivity index (χ4n) is 2.72. The molecule has 0 saturated heterocycles. The summed E-state index contributed by atoms with van der Waals surface area (Å²) in [7, 11) is 3.37. The Bertz CT molecular complexity index is 632. The molecule has 0 bridgehead atoms. The number of phenolic OH excluding ortho intramolecular Hbond substituents is 2. The van der Waals surface area contributed by atoms with E-state index in [2.05, 4.69) is 6.08 Å². The van der Waals surface area contributed by atoms with E-state index in [0.29, 0.717) is 6.61 Å². The standard InChI is InChI=1S/C20H24O4/c1-23-14-17(5-3-4-15-6-10-18(21)11-7-15)20(24-2)16-8-12-19(22)13-9-16/h3-4,6-13,17,20-22H,5,14H2,1-2H3/b4-3+/t17-,20-/m1/s1. The summed E-state index contributed by atoms with van der Waals surface area (Å²) in [6, 6.07) is 14.1. The van der Waals surface area contributed by atoms with Crippen LogP contribution in [0.4, 0.5) is 0 Å². The van der Waals surface area contributed by atoms with Gasteiger partial charge in [0, 0.05) is 20.1 Å². The van der Waals surface area contributed by atoms with Crippen LogP contribution in [0.25, 0.3) is 6.08 Å². The molecule has 2 aromatic rings. The van der Waals surface area contributed by atoms with E-state index in [0.717, 1.165) is 17.5 Å². The molecule has 2 aromatic carbocycles. The van der Waals surface area contributed by atoms with E-state index in [1.807, 2.05) is 30.3 Å². The first-order valence-electron chi connectivity index (χ1n) is 7.90. The van der Waals surface area contributed by atoms with E-state index in [1.54, 1.807) is 38.5 Å². The molecule has 0 fully saturated rings. The maximum atomic E-state index is 9.45. The lowest BCUT2D eigenvalue weighted by atomic mass is 9.92. The molecule has 0 spiro atoms. The minimum absolute atomic E-state index is 0.116. The van der Waals surface area contributed by atoms with Crippen LogP contribution in [0.1, 0.15) is 23.7 Å². The molecule has 128 valence electrons. The largest absolute Gasteiger partial charge is 0.508 e. The molecule has 0 aromatic heterocycles. The third kappa shape index (κ3) is 5.11. The predicted octanol–water partition coefficient (Wildman–Crippen LogP) is 4.15. The zero-order chi connectivity index (χ0) is 17.4. The zero-order valence-corrected chi connectivity index (χ0v) is 14.1. The Labute approximate surface area is 143 Å². The molecule has 2 atom stereocenters. The molecular formula is C20H24O4. The first-order chi connectivity index (χ1) is 11.6. The van der Waals surface area contributed by atoms with Crippen LogP contribution in [0.2, 0.25) is 0 Å². The SMILES string of the molecule is COC[C@@H](C/C=C/c1ccc(O)cc1)[C@H](OC)c1ccc(O)cc1. The molecule has 0 radical (unpaired) electrons. The van der Waals surface area contributed by atoms with Crippen molar-refractivity contribution in [3.8, 4) is 11.5 Å². The van der Waals surface area contributed by atoms with Crippen molar-refractivity contribution in [3.63, 3.8) is 0 Å². The summed E-state index contributed by atoms with van der Waals surface area (Å²) < 4.78 is 11.0. The average Bonchev–Trinajstić information content (AvgIpc) is 2.59. The monoisotopic (exact) mass is 328 g/mol. The van der Waals surface area contributed by atoms with Gasteiger partial charge in [0.15, 0.2) is 0 Å².